The Labute approximate surface area is 188 Å². The summed E-state index contributed by atoms with van der Waals surface area (Å²) in [7, 11) is -3.25. The van der Waals surface area contributed by atoms with Gasteiger partial charge in [-0.3, -0.25) is 4.79 Å². The first-order valence-electron chi connectivity index (χ1n) is 10.3. The summed E-state index contributed by atoms with van der Waals surface area (Å²) < 4.78 is 22.4. The smallest absolute Gasteiger partial charge is 0.271 e. The molecule has 3 rings (SSSR count). The number of carbonyl (C=O) groups excluding carboxylic acids is 1. The summed E-state index contributed by atoms with van der Waals surface area (Å²) in [6.07, 6.45) is 9.85. The molecule has 0 saturated carbocycles. The number of carbonyl (C=O) groups is 1. The zero-order chi connectivity index (χ0) is 22.4. The van der Waals surface area contributed by atoms with Gasteiger partial charge in [0, 0.05) is 29.3 Å². The van der Waals surface area contributed by atoms with Gasteiger partial charge in [-0.05, 0) is 31.4 Å². The summed E-state index contributed by atoms with van der Waals surface area (Å²) in [4.78, 5) is 23.4. The van der Waals surface area contributed by atoms with Gasteiger partial charge in [-0.2, -0.15) is 0 Å². The maximum atomic E-state index is 12.4. The van der Waals surface area contributed by atoms with E-state index < -0.39 is 21.8 Å². The Hall–Kier alpha value is -2.45. The maximum absolute atomic E-state index is 12.4. The van der Waals surface area contributed by atoms with Gasteiger partial charge in [0.25, 0.3) is 5.91 Å². The predicted molar refractivity (Wildman–Crippen MR) is 123 cm³/mol. The lowest BCUT2D eigenvalue weighted by Gasteiger charge is -2.31. The molecule has 1 aliphatic heterocycles. The van der Waals surface area contributed by atoms with Crippen LogP contribution in [0.5, 0.6) is 0 Å². The van der Waals surface area contributed by atoms with Gasteiger partial charge in [-0.25, -0.2) is 18.4 Å². The van der Waals surface area contributed by atoms with Gasteiger partial charge >= 0.3 is 0 Å². The second kappa shape index (κ2) is 10.2. The number of anilines is 1. The molecule has 0 spiro atoms. The van der Waals surface area contributed by atoms with Gasteiger partial charge in [0.05, 0.1) is 18.4 Å². The van der Waals surface area contributed by atoms with Gasteiger partial charge in [0.15, 0.2) is 9.84 Å². The van der Waals surface area contributed by atoms with Crippen molar-refractivity contribution in [2.75, 3.05) is 17.7 Å². The number of nitrogens with zero attached hydrogens (tertiary/aromatic N) is 3. The molecule has 1 fully saturated rings. The van der Waals surface area contributed by atoms with Gasteiger partial charge in [-0.15, -0.1) is 0 Å². The minimum absolute atomic E-state index is 0.103. The van der Waals surface area contributed by atoms with Gasteiger partial charge in [0.2, 0.25) is 0 Å². The number of hydrogen-bond donors (Lipinski definition) is 1. The molecule has 1 aromatic heterocycles. The van der Waals surface area contributed by atoms with E-state index in [0.717, 1.165) is 54.5 Å². The lowest BCUT2D eigenvalue weighted by atomic mass is 10.0. The van der Waals surface area contributed by atoms with Gasteiger partial charge < -0.3 is 10.2 Å². The first-order chi connectivity index (χ1) is 14.7. The second-order valence-corrected chi connectivity index (χ2v) is 10.1. The number of benzene rings is 1. The summed E-state index contributed by atoms with van der Waals surface area (Å²) in [5, 5.41) is 4.50. The van der Waals surface area contributed by atoms with Crippen LogP contribution in [0.1, 0.15) is 54.7 Å². The Bertz CT molecular complexity index is 1040. The van der Waals surface area contributed by atoms with E-state index in [1.165, 1.54) is 12.3 Å². The molecule has 7 nitrogen and oxygen atoms in total. The number of aromatic nitrogens is 2. The average Bonchev–Trinajstić information content (AvgIpc) is 2.98. The van der Waals surface area contributed by atoms with Crippen molar-refractivity contribution in [3.8, 4) is 0 Å². The van der Waals surface area contributed by atoms with Crippen molar-refractivity contribution in [2.45, 2.75) is 44.7 Å². The monoisotopic (exact) mass is 462 g/mol. The summed E-state index contributed by atoms with van der Waals surface area (Å²) in [5.74, 6) is 0.289. The van der Waals surface area contributed by atoms with Crippen molar-refractivity contribution in [1.82, 2.24) is 15.3 Å². The molecular formula is C22H27ClN4O3S. The van der Waals surface area contributed by atoms with Crippen molar-refractivity contribution in [2.24, 2.45) is 0 Å². The molecule has 1 amide bonds. The van der Waals surface area contributed by atoms with Crippen LogP contribution < -0.4 is 10.2 Å². The molecule has 2 heterocycles. The topological polar surface area (TPSA) is 92.3 Å². The minimum atomic E-state index is -3.25. The van der Waals surface area contributed by atoms with Crippen LogP contribution in [0.25, 0.3) is 0 Å². The Morgan fingerprint density at radius 3 is 2.68 bits per heavy atom. The highest BCUT2D eigenvalue weighted by molar-refractivity contribution is 7.93. The summed E-state index contributed by atoms with van der Waals surface area (Å²) in [6, 6.07) is 7.50. The van der Waals surface area contributed by atoms with E-state index in [1.54, 1.807) is 13.1 Å². The number of halogens is 1. The molecule has 0 bridgehead atoms. The van der Waals surface area contributed by atoms with Crippen molar-refractivity contribution < 1.29 is 13.2 Å². The molecule has 9 heteroatoms. The molecule has 0 aliphatic carbocycles. The van der Waals surface area contributed by atoms with E-state index in [9.17, 15) is 13.2 Å². The molecule has 1 aromatic carbocycles. The number of hydrogen-bond acceptors (Lipinski definition) is 6. The summed E-state index contributed by atoms with van der Waals surface area (Å²) in [5.41, 5.74) is 1.24. The van der Waals surface area contributed by atoms with Crippen molar-refractivity contribution in [1.29, 1.82) is 0 Å². The SMILES string of the molecule is C[C@H](/C=C/S(C)(=O)=O)NC(=O)c1cnc(N2CCCCC[C@@H]2c2ccccc2Cl)cn1. The number of nitrogens with one attached hydrogen (secondary N) is 1. The zero-order valence-electron chi connectivity index (χ0n) is 17.7. The standard InChI is InChI=1S/C22H27ClN4O3S/c1-16(11-13-31(2,29)30)26-22(28)19-14-25-21(15-24-19)27-12-7-3-4-10-20(27)17-8-5-6-9-18(17)23/h5-6,8-9,11,13-16,20H,3-4,7,10,12H2,1-2H3,(H,26,28)/b13-11+/t16-,20-/m1/s1. The van der Waals surface area contributed by atoms with Crippen LogP contribution in [0, 0.1) is 0 Å². The Balaban J connectivity index is 1.76. The fraction of sp³-hybridized carbons (Fsp3) is 0.409. The van der Waals surface area contributed by atoms with E-state index in [1.807, 2.05) is 24.3 Å². The largest absolute Gasteiger partial charge is 0.348 e. The van der Waals surface area contributed by atoms with Crippen LogP contribution in [-0.4, -0.2) is 43.1 Å². The first kappa shape index (κ1) is 23.2. The van der Waals surface area contributed by atoms with Crippen molar-refractivity contribution in [3.05, 3.63) is 64.4 Å². The highest BCUT2D eigenvalue weighted by Gasteiger charge is 2.26. The fourth-order valence-corrected chi connectivity index (χ4v) is 4.41. The molecule has 0 unspecified atom stereocenters. The highest BCUT2D eigenvalue weighted by Crippen LogP contribution is 2.36. The van der Waals surface area contributed by atoms with E-state index >= 15 is 0 Å². The zero-order valence-corrected chi connectivity index (χ0v) is 19.2. The number of rotatable bonds is 6. The van der Waals surface area contributed by atoms with Crippen LogP contribution in [0.3, 0.4) is 0 Å². The van der Waals surface area contributed by atoms with E-state index in [-0.39, 0.29) is 11.7 Å². The average molecular weight is 463 g/mol. The fourth-order valence-electron chi connectivity index (χ4n) is 3.63. The van der Waals surface area contributed by atoms with Crippen molar-refractivity contribution >= 4 is 33.2 Å². The quantitative estimate of drug-likeness (QED) is 0.699. The third-order valence-electron chi connectivity index (χ3n) is 5.16. The Morgan fingerprint density at radius 2 is 2.00 bits per heavy atom. The van der Waals surface area contributed by atoms with E-state index in [4.69, 9.17) is 11.6 Å². The normalized spacial score (nSPS) is 18.5. The molecule has 2 aromatic rings. The lowest BCUT2D eigenvalue weighted by Crippen LogP contribution is -2.32. The Kier molecular flexibility index (Phi) is 7.67. The highest BCUT2D eigenvalue weighted by atomic mass is 35.5. The van der Waals surface area contributed by atoms with Crippen molar-refractivity contribution in [3.63, 3.8) is 0 Å². The molecular weight excluding hydrogens is 436 g/mol. The summed E-state index contributed by atoms with van der Waals surface area (Å²) in [6.45, 7) is 2.52. The third-order valence-corrected chi connectivity index (χ3v) is 6.15. The minimum Gasteiger partial charge on any atom is -0.348 e. The van der Waals surface area contributed by atoms with E-state index in [0.29, 0.717) is 5.82 Å². The van der Waals surface area contributed by atoms with Crippen LogP contribution in [0.2, 0.25) is 5.02 Å². The molecule has 1 saturated heterocycles. The lowest BCUT2D eigenvalue weighted by molar-refractivity contribution is 0.0941. The maximum Gasteiger partial charge on any atom is 0.271 e. The number of amides is 1. The van der Waals surface area contributed by atoms with Gasteiger partial charge in [0.1, 0.15) is 11.5 Å². The van der Waals surface area contributed by atoms with E-state index in [2.05, 4.69) is 20.2 Å². The van der Waals surface area contributed by atoms with Crippen LogP contribution in [0.4, 0.5) is 5.82 Å². The summed E-state index contributed by atoms with van der Waals surface area (Å²) >= 11 is 6.47. The van der Waals surface area contributed by atoms with Gasteiger partial charge in [-0.1, -0.05) is 48.7 Å². The molecule has 1 N–H and O–H groups in total. The molecule has 1 aliphatic rings. The molecule has 166 valence electrons. The third kappa shape index (κ3) is 6.51. The molecule has 2 atom stereocenters. The Morgan fingerprint density at radius 1 is 1.23 bits per heavy atom. The van der Waals surface area contributed by atoms with Crippen LogP contribution in [0.15, 0.2) is 48.1 Å². The number of sulfone groups is 1. The van der Waals surface area contributed by atoms with Crippen LogP contribution >= 0.6 is 11.6 Å². The molecule has 0 radical (unpaired) electrons. The second-order valence-electron chi connectivity index (χ2n) is 7.76. The molecule has 31 heavy (non-hydrogen) atoms. The first-order valence-corrected chi connectivity index (χ1v) is 12.6. The predicted octanol–water partition coefficient (Wildman–Crippen LogP) is 3.93. The van der Waals surface area contributed by atoms with Crippen LogP contribution in [-0.2, 0) is 9.84 Å².